The molecular weight excluding hydrogens is 653 g/mol. The molecule has 9 aromatic rings. The number of nitrogens with zero attached hydrogens (tertiary/aromatic N) is 2. The van der Waals surface area contributed by atoms with E-state index >= 15 is 0 Å². The van der Waals surface area contributed by atoms with Crippen LogP contribution in [-0.4, -0.2) is 13.1 Å². The summed E-state index contributed by atoms with van der Waals surface area (Å²) >= 11 is 0. The molecule has 0 N–H and O–H groups in total. The molecule has 0 saturated heterocycles. The summed E-state index contributed by atoms with van der Waals surface area (Å²) in [6.45, 7) is 2.02. The van der Waals surface area contributed by atoms with Crippen LogP contribution in [0.3, 0.4) is 0 Å². The zero-order valence-electron chi connectivity index (χ0n) is 30.3. The third kappa shape index (κ3) is 4.94. The minimum absolute atomic E-state index is 1.01. The van der Waals surface area contributed by atoms with Crippen molar-refractivity contribution in [3.63, 3.8) is 0 Å². The van der Waals surface area contributed by atoms with Crippen LogP contribution < -0.4 is 9.80 Å². The van der Waals surface area contributed by atoms with Crippen molar-refractivity contribution in [2.75, 3.05) is 22.9 Å². The quantitative estimate of drug-likeness (QED) is 0.169. The van der Waals surface area contributed by atoms with Crippen LogP contribution in [0.5, 0.6) is 0 Å². The Kier molecular flexibility index (Phi) is 7.30. The lowest BCUT2D eigenvalue weighted by Crippen LogP contribution is -2.24. The molecule has 2 heteroatoms. The largest absolute Gasteiger partial charge is 0.341 e. The van der Waals surface area contributed by atoms with E-state index in [9.17, 15) is 0 Å². The fourth-order valence-electron chi connectivity index (χ4n) is 9.61. The van der Waals surface area contributed by atoms with Crippen molar-refractivity contribution in [3.05, 3.63) is 181 Å². The van der Waals surface area contributed by atoms with E-state index in [2.05, 4.69) is 180 Å². The van der Waals surface area contributed by atoms with E-state index in [1.54, 1.807) is 0 Å². The maximum atomic E-state index is 2.55. The van der Waals surface area contributed by atoms with Gasteiger partial charge in [-0.25, -0.2) is 0 Å². The van der Waals surface area contributed by atoms with Gasteiger partial charge in [0, 0.05) is 35.8 Å². The molecule has 0 bridgehead atoms. The van der Waals surface area contributed by atoms with Crippen LogP contribution in [0.4, 0.5) is 22.7 Å². The van der Waals surface area contributed by atoms with E-state index in [0.717, 1.165) is 38.8 Å². The number of rotatable bonds is 4. The van der Waals surface area contributed by atoms with E-state index in [0.29, 0.717) is 0 Å². The molecule has 0 aromatic heterocycles. The minimum atomic E-state index is 1.01. The Labute approximate surface area is 316 Å². The number of fused-ring (bicyclic) bond motifs is 6. The van der Waals surface area contributed by atoms with Gasteiger partial charge in [-0.15, -0.1) is 0 Å². The van der Waals surface area contributed by atoms with Gasteiger partial charge in [0.05, 0.1) is 0 Å². The summed E-state index contributed by atoms with van der Waals surface area (Å²) in [5.41, 5.74) is 13.2. The molecule has 0 aliphatic carbocycles. The summed E-state index contributed by atoms with van der Waals surface area (Å²) in [4.78, 5) is 5.10. The molecule has 0 spiro atoms. The van der Waals surface area contributed by atoms with E-state index in [4.69, 9.17) is 0 Å². The van der Waals surface area contributed by atoms with Crippen LogP contribution in [0, 0.1) is 0 Å². The Morgan fingerprint density at radius 1 is 0.333 bits per heavy atom. The van der Waals surface area contributed by atoms with Gasteiger partial charge < -0.3 is 9.80 Å². The smallest absolute Gasteiger partial charge is 0.0443 e. The zero-order chi connectivity index (χ0) is 35.6. The van der Waals surface area contributed by atoms with Gasteiger partial charge in [-0.05, 0) is 139 Å². The number of hydrogen-bond acceptors (Lipinski definition) is 2. The van der Waals surface area contributed by atoms with Crippen molar-refractivity contribution in [1.29, 1.82) is 0 Å². The first kappa shape index (κ1) is 31.2. The molecule has 2 nitrogen and oxygen atoms in total. The van der Waals surface area contributed by atoms with Crippen LogP contribution in [-0.2, 0) is 12.8 Å². The van der Waals surface area contributed by atoms with E-state index < -0.39 is 0 Å². The molecule has 0 fully saturated rings. The predicted molar refractivity (Wildman–Crippen MR) is 231 cm³/mol. The molecule has 0 radical (unpaired) electrons. The van der Waals surface area contributed by atoms with Gasteiger partial charge in [0.2, 0.25) is 0 Å². The van der Waals surface area contributed by atoms with Crippen molar-refractivity contribution < 1.29 is 0 Å². The Morgan fingerprint density at radius 3 is 1.28 bits per heavy atom. The lowest BCUT2D eigenvalue weighted by molar-refractivity contribution is 0.767. The van der Waals surface area contributed by atoms with Crippen LogP contribution >= 0.6 is 0 Å². The SMILES string of the molecule is c1ccc2c(c1)CCCN2c1ccc2c(-c3cccc4ccccc34)c3ccc(N4CCCc5ccccc54)cc3c(-c3cccc4ccccc34)c2c1. The van der Waals surface area contributed by atoms with Crippen LogP contribution in [0.1, 0.15) is 24.0 Å². The van der Waals surface area contributed by atoms with Crippen molar-refractivity contribution in [2.45, 2.75) is 25.7 Å². The van der Waals surface area contributed by atoms with E-state index in [1.165, 1.54) is 99.2 Å². The van der Waals surface area contributed by atoms with E-state index in [1.807, 2.05) is 0 Å². The standard InChI is InChI=1S/C52H40N2/c1-5-21-41-35(13-1)17-9-23-43(41)51-45-29-27-39(53-31-11-19-37-15-3-7-25-49(37)53)33-47(45)52(44-24-10-18-36-14-2-6-22-42(36)44)48-34-40(28-30-46(48)51)54-32-12-20-38-16-4-8-26-50(38)54/h1-10,13-18,21-30,33-34H,11-12,19-20,31-32H2. The van der Waals surface area contributed by atoms with Gasteiger partial charge in [-0.2, -0.15) is 0 Å². The average molecular weight is 693 g/mol. The third-order valence-electron chi connectivity index (χ3n) is 12.0. The Morgan fingerprint density at radius 2 is 0.759 bits per heavy atom. The number of aryl methyl sites for hydroxylation is 2. The highest BCUT2D eigenvalue weighted by Gasteiger charge is 2.25. The van der Waals surface area contributed by atoms with Crippen molar-refractivity contribution >= 4 is 65.8 Å². The Bertz CT molecular complexity index is 2790. The van der Waals surface area contributed by atoms with Gasteiger partial charge >= 0.3 is 0 Å². The molecule has 0 amide bonds. The fourth-order valence-corrected chi connectivity index (χ4v) is 9.61. The maximum absolute atomic E-state index is 2.55. The Balaban J connectivity index is 1.29. The summed E-state index contributed by atoms with van der Waals surface area (Å²) in [7, 11) is 0. The first-order valence-corrected chi connectivity index (χ1v) is 19.5. The van der Waals surface area contributed by atoms with Crippen LogP contribution in [0.15, 0.2) is 170 Å². The highest BCUT2D eigenvalue weighted by molar-refractivity contribution is 6.26. The van der Waals surface area contributed by atoms with Crippen molar-refractivity contribution in [2.24, 2.45) is 0 Å². The van der Waals surface area contributed by atoms with Crippen molar-refractivity contribution in [1.82, 2.24) is 0 Å². The number of anilines is 4. The lowest BCUT2D eigenvalue weighted by atomic mass is 9.83. The molecule has 2 heterocycles. The summed E-state index contributed by atoms with van der Waals surface area (Å²) in [5, 5.41) is 10.2. The van der Waals surface area contributed by atoms with Gasteiger partial charge in [0.25, 0.3) is 0 Å². The first-order valence-electron chi connectivity index (χ1n) is 19.5. The molecular formula is C52H40N2. The molecule has 0 saturated carbocycles. The molecule has 54 heavy (non-hydrogen) atoms. The molecule has 9 aromatic carbocycles. The monoisotopic (exact) mass is 692 g/mol. The number of benzene rings is 9. The van der Waals surface area contributed by atoms with Gasteiger partial charge in [-0.3, -0.25) is 0 Å². The summed E-state index contributed by atoms with van der Waals surface area (Å²) in [5.74, 6) is 0. The van der Waals surface area contributed by atoms with Crippen LogP contribution in [0.25, 0.3) is 65.3 Å². The third-order valence-corrected chi connectivity index (χ3v) is 12.0. The topological polar surface area (TPSA) is 6.48 Å². The second-order valence-corrected chi connectivity index (χ2v) is 15.0. The first-order chi connectivity index (χ1) is 26.8. The molecule has 11 rings (SSSR count). The molecule has 258 valence electrons. The molecule has 0 atom stereocenters. The van der Waals surface area contributed by atoms with E-state index in [-0.39, 0.29) is 0 Å². The van der Waals surface area contributed by atoms with Crippen molar-refractivity contribution in [3.8, 4) is 22.3 Å². The number of para-hydroxylation sites is 2. The second kappa shape index (κ2) is 12.6. The molecule has 2 aliphatic rings. The Hall–Kier alpha value is -6.38. The normalized spacial score (nSPS) is 14.1. The highest BCUT2D eigenvalue weighted by atomic mass is 15.1. The minimum Gasteiger partial charge on any atom is -0.341 e. The summed E-state index contributed by atoms with van der Waals surface area (Å²) < 4.78 is 0. The fraction of sp³-hybridized carbons (Fsp3) is 0.115. The van der Waals surface area contributed by atoms with Gasteiger partial charge in [-0.1, -0.05) is 133 Å². The maximum Gasteiger partial charge on any atom is 0.0443 e. The number of hydrogen-bond donors (Lipinski definition) is 0. The van der Waals surface area contributed by atoms with Gasteiger partial charge in [0.15, 0.2) is 0 Å². The molecule has 0 unspecified atom stereocenters. The lowest BCUT2D eigenvalue weighted by Gasteiger charge is -2.32. The highest BCUT2D eigenvalue weighted by Crippen LogP contribution is 2.49. The average Bonchev–Trinajstić information content (AvgIpc) is 3.24. The molecule has 2 aliphatic heterocycles. The van der Waals surface area contributed by atoms with Gasteiger partial charge in [0.1, 0.15) is 0 Å². The predicted octanol–water partition coefficient (Wildman–Crippen LogP) is 13.8. The van der Waals surface area contributed by atoms with Crippen LogP contribution in [0.2, 0.25) is 0 Å². The summed E-state index contributed by atoms with van der Waals surface area (Å²) in [6, 6.07) is 63.9. The zero-order valence-corrected chi connectivity index (χ0v) is 30.3. The second-order valence-electron chi connectivity index (χ2n) is 15.0. The summed E-state index contributed by atoms with van der Waals surface area (Å²) in [6.07, 6.45) is 4.54.